The minimum Gasteiger partial charge on any atom is -0.378 e. The molecule has 0 spiro atoms. The Morgan fingerprint density at radius 2 is 2.08 bits per heavy atom. The van der Waals surface area contributed by atoms with E-state index in [1.54, 1.807) is 17.5 Å². The van der Waals surface area contributed by atoms with Crippen molar-refractivity contribution in [3.05, 3.63) is 46.3 Å². The summed E-state index contributed by atoms with van der Waals surface area (Å²) in [7, 11) is 0. The Hall–Kier alpha value is -1.92. The Bertz CT molecular complexity index is 649. The molecule has 2 aromatic rings. The third-order valence-corrected chi connectivity index (χ3v) is 5.10. The van der Waals surface area contributed by atoms with E-state index in [-0.39, 0.29) is 11.9 Å². The molecule has 0 saturated carbocycles. The molecule has 1 atom stereocenters. The predicted molar refractivity (Wildman–Crippen MR) is 96.6 cm³/mol. The maximum absolute atomic E-state index is 12.6. The van der Waals surface area contributed by atoms with Crippen molar-refractivity contribution in [2.45, 2.75) is 19.9 Å². The monoisotopic (exact) mass is 345 g/mol. The first-order valence-electron chi connectivity index (χ1n) is 8.28. The van der Waals surface area contributed by atoms with Crippen LogP contribution in [0, 0.1) is 5.92 Å². The Morgan fingerprint density at radius 1 is 1.29 bits per heavy atom. The number of pyridine rings is 1. The van der Waals surface area contributed by atoms with Crippen molar-refractivity contribution in [2.24, 2.45) is 5.92 Å². The number of nitrogens with one attached hydrogen (secondary N) is 1. The number of hydrogen-bond acceptors (Lipinski definition) is 5. The van der Waals surface area contributed by atoms with E-state index in [0.29, 0.717) is 11.5 Å². The maximum atomic E-state index is 12.6. The first kappa shape index (κ1) is 16.9. The van der Waals surface area contributed by atoms with E-state index in [1.165, 1.54) is 4.88 Å². The van der Waals surface area contributed by atoms with Crippen molar-refractivity contribution in [2.75, 3.05) is 31.2 Å². The first-order chi connectivity index (χ1) is 11.6. The van der Waals surface area contributed by atoms with Crippen LogP contribution in [-0.2, 0) is 4.74 Å². The van der Waals surface area contributed by atoms with Crippen LogP contribution in [0.2, 0.25) is 0 Å². The maximum Gasteiger partial charge on any atom is 0.253 e. The van der Waals surface area contributed by atoms with Gasteiger partial charge in [0.2, 0.25) is 0 Å². The van der Waals surface area contributed by atoms with E-state index < -0.39 is 0 Å². The van der Waals surface area contributed by atoms with Crippen molar-refractivity contribution in [1.29, 1.82) is 0 Å². The van der Waals surface area contributed by atoms with Gasteiger partial charge in [0.05, 0.1) is 24.8 Å². The Labute approximate surface area is 146 Å². The molecule has 5 nitrogen and oxygen atoms in total. The molecule has 0 aromatic carbocycles. The second-order valence-corrected chi connectivity index (χ2v) is 7.19. The van der Waals surface area contributed by atoms with Gasteiger partial charge in [0.15, 0.2) is 0 Å². The molecule has 1 unspecified atom stereocenters. The second kappa shape index (κ2) is 7.77. The third kappa shape index (κ3) is 3.94. The zero-order chi connectivity index (χ0) is 16.9. The lowest BCUT2D eigenvalue weighted by Gasteiger charge is -2.27. The van der Waals surface area contributed by atoms with Crippen molar-refractivity contribution in [1.82, 2.24) is 10.3 Å². The zero-order valence-corrected chi connectivity index (χ0v) is 14.9. The largest absolute Gasteiger partial charge is 0.378 e. The van der Waals surface area contributed by atoms with Gasteiger partial charge in [0.1, 0.15) is 5.82 Å². The van der Waals surface area contributed by atoms with Crippen LogP contribution in [0.4, 0.5) is 5.82 Å². The lowest BCUT2D eigenvalue weighted by molar-refractivity contribution is 0.0926. The van der Waals surface area contributed by atoms with E-state index in [2.05, 4.69) is 35.1 Å². The van der Waals surface area contributed by atoms with E-state index >= 15 is 0 Å². The van der Waals surface area contributed by atoms with Gasteiger partial charge >= 0.3 is 0 Å². The minimum atomic E-state index is -0.0804. The molecule has 0 bridgehead atoms. The highest BCUT2D eigenvalue weighted by Gasteiger charge is 2.20. The third-order valence-electron chi connectivity index (χ3n) is 4.15. The quantitative estimate of drug-likeness (QED) is 0.905. The highest BCUT2D eigenvalue weighted by Crippen LogP contribution is 2.26. The van der Waals surface area contributed by atoms with Gasteiger partial charge in [-0.05, 0) is 29.5 Å². The summed E-state index contributed by atoms with van der Waals surface area (Å²) in [5, 5.41) is 5.17. The topological polar surface area (TPSA) is 54.5 Å². The molecule has 3 rings (SSSR count). The van der Waals surface area contributed by atoms with Crippen LogP contribution in [0.25, 0.3) is 0 Å². The van der Waals surface area contributed by atoms with Crippen molar-refractivity contribution in [3.63, 3.8) is 0 Å². The summed E-state index contributed by atoms with van der Waals surface area (Å²) >= 11 is 1.67. The van der Waals surface area contributed by atoms with Crippen molar-refractivity contribution >= 4 is 23.1 Å². The number of thiophene rings is 1. The van der Waals surface area contributed by atoms with Crippen LogP contribution in [0.3, 0.4) is 0 Å². The van der Waals surface area contributed by atoms with Crippen LogP contribution >= 0.6 is 11.3 Å². The number of amides is 1. The number of carbonyl (C=O) groups excluding carboxylic acids is 1. The van der Waals surface area contributed by atoms with Gasteiger partial charge < -0.3 is 15.0 Å². The van der Waals surface area contributed by atoms with Crippen molar-refractivity contribution < 1.29 is 9.53 Å². The number of anilines is 1. The zero-order valence-electron chi connectivity index (χ0n) is 14.1. The van der Waals surface area contributed by atoms with Gasteiger partial charge in [0.25, 0.3) is 5.91 Å². The summed E-state index contributed by atoms with van der Waals surface area (Å²) in [4.78, 5) is 20.4. The smallest absolute Gasteiger partial charge is 0.253 e. The van der Waals surface area contributed by atoms with Gasteiger partial charge in [-0.25, -0.2) is 4.98 Å². The number of carbonyl (C=O) groups is 1. The standard InChI is InChI=1S/C18H23N3O2S/c1-13(2)17(15-4-3-11-24-15)20-18(22)14-5-6-16(19-12-14)21-7-9-23-10-8-21/h3-6,11-13,17H,7-10H2,1-2H3,(H,20,22). The van der Waals surface area contributed by atoms with E-state index in [9.17, 15) is 4.79 Å². The average molecular weight is 345 g/mol. The molecule has 1 amide bonds. The first-order valence-corrected chi connectivity index (χ1v) is 9.16. The fourth-order valence-corrected chi connectivity index (χ4v) is 3.71. The lowest BCUT2D eigenvalue weighted by Crippen LogP contribution is -2.36. The number of nitrogens with zero attached hydrogens (tertiary/aromatic N) is 2. The van der Waals surface area contributed by atoms with Crippen LogP contribution in [0.5, 0.6) is 0 Å². The summed E-state index contributed by atoms with van der Waals surface area (Å²) in [5.41, 5.74) is 0.592. The summed E-state index contributed by atoms with van der Waals surface area (Å²) in [6.45, 7) is 7.36. The molecule has 6 heteroatoms. The van der Waals surface area contributed by atoms with Gasteiger partial charge in [0, 0.05) is 24.2 Å². The van der Waals surface area contributed by atoms with E-state index in [0.717, 1.165) is 32.1 Å². The SMILES string of the molecule is CC(C)C(NC(=O)c1ccc(N2CCOCC2)nc1)c1cccs1. The highest BCUT2D eigenvalue weighted by molar-refractivity contribution is 7.10. The molecular formula is C18H23N3O2S. The lowest BCUT2D eigenvalue weighted by atomic mass is 10.0. The average Bonchev–Trinajstić information content (AvgIpc) is 3.14. The van der Waals surface area contributed by atoms with Crippen LogP contribution in [0.15, 0.2) is 35.8 Å². The number of morpholine rings is 1. The Balaban J connectivity index is 1.68. The summed E-state index contributed by atoms with van der Waals surface area (Å²) in [5.74, 6) is 1.14. The molecule has 1 aliphatic heterocycles. The molecular weight excluding hydrogens is 322 g/mol. The molecule has 1 aliphatic rings. The van der Waals surface area contributed by atoms with Crippen LogP contribution in [0.1, 0.15) is 35.1 Å². The Kier molecular flexibility index (Phi) is 5.48. The second-order valence-electron chi connectivity index (χ2n) is 6.22. The van der Waals surface area contributed by atoms with Gasteiger partial charge in [-0.15, -0.1) is 11.3 Å². The minimum absolute atomic E-state index is 0.0245. The summed E-state index contributed by atoms with van der Waals surface area (Å²) < 4.78 is 5.35. The molecule has 24 heavy (non-hydrogen) atoms. The predicted octanol–water partition coefficient (Wildman–Crippen LogP) is 3.11. The van der Waals surface area contributed by atoms with Crippen molar-refractivity contribution in [3.8, 4) is 0 Å². The molecule has 0 aliphatic carbocycles. The van der Waals surface area contributed by atoms with Crippen LogP contribution in [-0.4, -0.2) is 37.2 Å². The highest BCUT2D eigenvalue weighted by atomic mass is 32.1. The van der Waals surface area contributed by atoms with Gasteiger partial charge in [-0.3, -0.25) is 4.79 Å². The number of hydrogen-bond donors (Lipinski definition) is 1. The Morgan fingerprint density at radius 3 is 2.67 bits per heavy atom. The van der Waals surface area contributed by atoms with Gasteiger partial charge in [-0.2, -0.15) is 0 Å². The summed E-state index contributed by atoms with van der Waals surface area (Å²) in [6.07, 6.45) is 1.66. The van der Waals surface area contributed by atoms with E-state index in [1.807, 2.05) is 23.6 Å². The normalized spacial score (nSPS) is 16.2. The fourth-order valence-electron chi connectivity index (χ4n) is 2.76. The summed E-state index contributed by atoms with van der Waals surface area (Å²) in [6, 6.07) is 7.86. The molecule has 2 aromatic heterocycles. The number of aromatic nitrogens is 1. The molecule has 1 fully saturated rings. The number of ether oxygens (including phenoxy) is 1. The van der Waals surface area contributed by atoms with Crippen LogP contribution < -0.4 is 10.2 Å². The molecule has 3 heterocycles. The van der Waals surface area contributed by atoms with Gasteiger partial charge in [-0.1, -0.05) is 19.9 Å². The molecule has 1 N–H and O–H groups in total. The fraction of sp³-hybridized carbons (Fsp3) is 0.444. The molecule has 0 radical (unpaired) electrons. The number of rotatable bonds is 5. The molecule has 128 valence electrons. The molecule has 1 saturated heterocycles. The van der Waals surface area contributed by atoms with E-state index in [4.69, 9.17) is 4.74 Å².